The average Bonchev–Trinajstić information content (AvgIpc) is 3.19. The molecule has 8 heteroatoms. The minimum Gasteiger partial charge on any atom is -0.325 e. The summed E-state index contributed by atoms with van der Waals surface area (Å²) >= 11 is 0. The van der Waals surface area contributed by atoms with Gasteiger partial charge < -0.3 is 5.32 Å². The van der Waals surface area contributed by atoms with Crippen molar-refractivity contribution in [2.45, 2.75) is 13.1 Å². The highest BCUT2D eigenvalue weighted by Gasteiger charge is 2.09. The number of hydrogen-bond acceptors (Lipinski definition) is 5. The fourth-order valence-corrected chi connectivity index (χ4v) is 2.82. The van der Waals surface area contributed by atoms with Crippen LogP contribution in [-0.4, -0.2) is 30.2 Å². The molecule has 4 aromatic rings. The molecular weight excluding hydrogens is 344 g/mol. The van der Waals surface area contributed by atoms with E-state index in [4.69, 9.17) is 0 Å². The molecule has 0 saturated heterocycles. The fourth-order valence-electron chi connectivity index (χ4n) is 2.82. The van der Waals surface area contributed by atoms with Gasteiger partial charge in [0, 0.05) is 5.69 Å². The van der Waals surface area contributed by atoms with Crippen molar-refractivity contribution in [3.8, 4) is 0 Å². The lowest BCUT2D eigenvalue weighted by Crippen LogP contribution is -2.27. The van der Waals surface area contributed by atoms with E-state index in [-0.39, 0.29) is 18.0 Å². The molecule has 0 aliphatic heterocycles. The molecule has 0 aliphatic carbocycles. The Kier molecular flexibility index (Phi) is 4.44. The monoisotopic (exact) mass is 360 g/mol. The number of rotatable bonds is 5. The summed E-state index contributed by atoms with van der Waals surface area (Å²) in [6.07, 6.45) is 4.36. The lowest BCUT2D eigenvalue weighted by atomic mass is 10.2. The van der Waals surface area contributed by atoms with Gasteiger partial charge in [-0.3, -0.25) is 14.2 Å². The van der Waals surface area contributed by atoms with E-state index in [0.29, 0.717) is 23.3 Å². The third-order valence-electron chi connectivity index (χ3n) is 4.10. The molecule has 0 saturated carbocycles. The number of carbonyl (C=O) groups is 1. The van der Waals surface area contributed by atoms with E-state index < -0.39 is 0 Å². The Morgan fingerprint density at radius 1 is 1.07 bits per heavy atom. The Hall–Kier alpha value is -3.81. The maximum Gasteiger partial charge on any atom is 0.269 e. The minimum atomic E-state index is -0.313. The van der Waals surface area contributed by atoms with E-state index in [1.165, 1.54) is 17.1 Å². The van der Waals surface area contributed by atoms with E-state index in [1.807, 2.05) is 36.4 Å². The number of nitrogens with zero attached hydrogens (tertiary/aromatic N) is 5. The summed E-state index contributed by atoms with van der Waals surface area (Å²) in [7, 11) is 0. The topological polar surface area (TPSA) is 94.7 Å². The fraction of sp³-hybridized carbons (Fsp3) is 0.105. The maximum atomic E-state index is 12.4. The highest BCUT2D eigenvalue weighted by molar-refractivity contribution is 5.91. The molecule has 2 aromatic heterocycles. The highest BCUT2D eigenvalue weighted by Crippen LogP contribution is 2.12. The third-order valence-corrected chi connectivity index (χ3v) is 4.10. The van der Waals surface area contributed by atoms with Gasteiger partial charge in [-0.25, -0.2) is 14.6 Å². The molecular formula is C19H16N6O2. The zero-order chi connectivity index (χ0) is 18.6. The molecule has 0 fully saturated rings. The molecule has 8 nitrogen and oxygen atoms in total. The molecule has 1 N–H and O–H groups in total. The molecule has 0 bridgehead atoms. The first kappa shape index (κ1) is 16.6. The predicted octanol–water partition coefficient (Wildman–Crippen LogP) is 1.67. The highest BCUT2D eigenvalue weighted by atomic mass is 16.2. The zero-order valence-electron chi connectivity index (χ0n) is 14.3. The van der Waals surface area contributed by atoms with Crippen molar-refractivity contribution < 1.29 is 4.79 Å². The number of amides is 1. The van der Waals surface area contributed by atoms with Crippen molar-refractivity contribution in [1.29, 1.82) is 0 Å². The maximum absolute atomic E-state index is 12.4. The summed E-state index contributed by atoms with van der Waals surface area (Å²) in [5.74, 6) is -0.280. The molecule has 27 heavy (non-hydrogen) atoms. The number of fused-ring (bicyclic) bond motifs is 1. The molecule has 0 spiro atoms. The summed E-state index contributed by atoms with van der Waals surface area (Å²) in [4.78, 5) is 32.5. The summed E-state index contributed by atoms with van der Waals surface area (Å²) in [5.41, 5.74) is 2.68. The number of hydrogen-bond donors (Lipinski definition) is 1. The molecule has 0 aliphatic rings. The third kappa shape index (κ3) is 3.74. The van der Waals surface area contributed by atoms with Crippen LogP contribution in [0, 0.1) is 0 Å². The first-order valence-electron chi connectivity index (χ1n) is 8.35. The van der Waals surface area contributed by atoms with Crippen molar-refractivity contribution in [2.75, 3.05) is 5.32 Å². The molecule has 0 unspecified atom stereocenters. The number of benzene rings is 2. The molecule has 4 rings (SSSR count). The molecule has 1 amide bonds. The van der Waals surface area contributed by atoms with Gasteiger partial charge in [-0.05, 0) is 29.8 Å². The van der Waals surface area contributed by atoms with Gasteiger partial charge in [0.15, 0.2) is 0 Å². The largest absolute Gasteiger partial charge is 0.325 e. The van der Waals surface area contributed by atoms with Gasteiger partial charge in [0.05, 0.1) is 23.8 Å². The summed E-state index contributed by atoms with van der Waals surface area (Å²) < 4.78 is 3.13. The van der Waals surface area contributed by atoms with Gasteiger partial charge >= 0.3 is 0 Å². The number of aromatic nitrogens is 5. The van der Waals surface area contributed by atoms with Gasteiger partial charge in [-0.2, -0.15) is 5.10 Å². The molecule has 0 atom stereocenters. The SMILES string of the molecule is O=C(Cn1c(=O)cnc2ccccc21)Nc1ccc(Cn2cncn2)cc1. The lowest BCUT2D eigenvalue weighted by molar-refractivity contribution is -0.116. The van der Waals surface area contributed by atoms with Crippen molar-refractivity contribution in [1.82, 2.24) is 24.3 Å². The van der Waals surface area contributed by atoms with E-state index in [1.54, 1.807) is 23.1 Å². The van der Waals surface area contributed by atoms with Crippen LogP contribution in [0.4, 0.5) is 5.69 Å². The van der Waals surface area contributed by atoms with Gasteiger partial charge in [0.1, 0.15) is 19.2 Å². The summed E-state index contributed by atoms with van der Waals surface area (Å²) in [6.45, 7) is 0.523. The van der Waals surface area contributed by atoms with Crippen LogP contribution in [0.2, 0.25) is 0 Å². The summed E-state index contributed by atoms with van der Waals surface area (Å²) in [6, 6.07) is 14.7. The Morgan fingerprint density at radius 2 is 1.89 bits per heavy atom. The Balaban J connectivity index is 1.47. The number of carbonyl (C=O) groups excluding carboxylic acids is 1. The molecule has 134 valence electrons. The van der Waals surface area contributed by atoms with Crippen molar-refractivity contribution in [3.63, 3.8) is 0 Å². The van der Waals surface area contributed by atoms with Crippen molar-refractivity contribution >= 4 is 22.6 Å². The molecule has 2 heterocycles. The van der Waals surface area contributed by atoms with E-state index >= 15 is 0 Å². The van der Waals surface area contributed by atoms with Crippen LogP contribution in [0.3, 0.4) is 0 Å². The number of nitrogens with one attached hydrogen (secondary N) is 1. The summed E-state index contributed by atoms with van der Waals surface area (Å²) in [5, 5.41) is 6.88. The first-order chi connectivity index (χ1) is 13.2. The van der Waals surface area contributed by atoms with Crippen molar-refractivity contribution in [2.24, 2.45) is 0 Å². The van der Waals surface area contributed by atoms with Crippen LogP contribution in [0.5, 0.6) is 0 Å². The Labute approximate surface area is 154 Å². The van der Waals surface area contributed by atoms with Gasteiger partial charge in [-0.15, -0.1) is 0 Å². The number of para-hydroxylation sites is 2. The van der Waals surface area contributed by atoms with Crippen LogP contribution < -0.4 is 10.9 Å². The Morgan fingerprint density at radius 3 is 2.67 bits per heavy atom. The molecule has 2 aromatic carbocycles. The van der Waals surface area contributed by atoms with E-state index in [2.05, 4.69) is 20.4 Å². The minimum absolute atomic E-state index is 0.0808. The predicted molar refractivity (Wildman–Crippen MR) is 100 cm³/mol. The van der Waals surface area contributed by atoms with Gasteiger partial charge in [0.25, 0.3) is 5.56 Å². The van der Waals surface area contributed by atoms with Crippen LogP contribution in [0.25, 0.3) is 11.0 Å². The van der Waals surface area contributed by atoms with E-state index in [0.717, 1.165) is 5.56 Å². The van der Waals surface area contributed by atoms with Crippen molar-refractivity contribution in [3.05, 3.63) is 83.3 Å². The smallest absolute Gasteiger partial charge is 0.269 e. The second-order valence-corrected chi connectivity index (χ2v) is 6.01. The lowest BCUT2D eigenvalue weighted by Gasteiger charge is -2.10. The Bertz CT molecular complexity index is 1130. The van der Waals surface area contributed by atoms with Gasteiger partial charge in [-0.1, -0.05) is 24.3 Å². The van der Waals surface area contributed by atoms with Gasteiger partial charge in [0.2, 0.25) is 5.91 Å². The number of anilines is 1. The van der Waals surface area contributed by atoms with Crippen LogP contribution in [0.15, 0.2) is 72.2 Å². The second-order valence-electron chi connectivity index (χ2n) is 6.01. The average molecular weight is 360 g/mol. The quantitative estimate of drug-likeness (QED) is 0.584. The normalized spacial score (nSPS) is 10.8. The first-order valence-corrected chi connectivity index (χ1v) is 8.35. The van der Waals surface area contributed by atoms with E-state index in [9.17, 15) is 9.59 Å². The standard InChI is InChI=1S/C19H16N6O2/c26-18(11-25-17-4-2-1-3-16(17)21-9-19(25)27)23-15-7-5-14(6-8-15)10-24-13-20-12-22-24/h1-9,12-13H,10-11H2,(H,23,26). The van der Waals surface area contributed by atoms with Crippen LogP contribution in [0.1, 0.15) is 5.56 Å². The van der Waals surface area contributed by atoms with Crippen LogP contribution >= 0.6 is 0 Å². The van der Waals surface area contributed by atoms with Crippen LogP contribution in [-0.2, 0) is 17.9 Å². The molecule has 0 radical (unpaired) electrons. The second kappa shape index (κ2) is 7.20. The zero-order valence-corrected chi connectivity index (χ0v) is 14.3.